The molecule has 0 radical (unpaired) electrons. The van der Waals surface area contributed by atoms with E-state index in [0.717, 1.165) is 45.3 Å². The number of ether oxygens (including phenoxy) is 2. The van der Waals surface area contributed by atoms with E-state index in [-0.39, 0.29) is 23.9 Å². The van der Waals surface area contributed by atoms with Gasteiger partial charge < -0.3 is 14.4 Å². The number of likely N-dealkylation sites (tertiary alicyclic amines) is 1. The van der Waals surface area contributed by atoms with Crippen LogP contribution in [0.1, 0.15) is 45.4 Å². The normalized spacial score (nSPS) is 26.6. The Balaban J connectivity index is 1.75. The van der Waals surface area contributed by atoms with Gasteiger partial charge in [-0.25, -0.2) is 0 Å². The SMILES string of the molecule is CCOC(=O)[C@H]1CCCN(C(=O)CCC2CCCO2)C1. The summed E-state index contributed by atoms with van der Waals surface area (Å²) in [6, 6.07) is 0. The third-order valence-corrected chi connectivity index (χ3v) is 4.10. The maximum atomic E-state index is 12.2. The number of piperidine rings is 1. The first kappa shape index (κ1) is 15.3. The molecule has 0 aromatic carbocycles. The third-order valence-electron chi connectivity index (χ3n) is 4.10. The molecule has 0 N–H and O–H groups in total. The molecule has 2 atom stereocenters. The standard InChI is InChI=1S/C15H25NO4/c1-2-19-15(18)12-5-3-9-16(11-12)14(17)8-7-13-6-4-10-20-13/h12-13H,2-11H2,1H3/t12-,13?/m0/s1. The van der Waals surface area contributed by atoms with Crippen molar-refractivity contribution >= 4 is 11.9 Å². The molecule has 2 aliphatic heterocycles. The summed E-state index contributed by atoms with van der Waals surface area (Å²) in [4.78, 5) is 25.8. The van der Waals surface area contributed by atoms with E-state index in [2.05, 4.69) is 0 Å². The highest BCUT2D eigenvalue weighted by Crippen LogP contribution is 2.21. The second-order valence-corrected chi connectivity index (χ2v) is 5.60. The summed E-state index contributed by atoms with van der Waals surface area (Å²) >= 11 is 0. The minimum atomic E-state index is -0.163. The van der Waals surface area contributed by atoms with Crippen molar-refractivity contribution < 1.29 is 19.1 Å². The molecule has 2 fully saturated rings. The van der Waals surface area contributed by atoms with Gasteiger partial charge in [0.05, 0.1) is 18.6 Å². The summed E-state index contributed by atoms with van der Waals surface area (Å²) in [7, 11) is 0. The number of nitrogens with zero attached hydrogens (tertiary/aromatic N) is 1. The van der Waals surface area contributed by atoms with Gasteiger partial charge in [0.25, 0.3) is 0 Å². The van der Waals surface area contributed by atoms with Crippen LogP contribution in [0.15, 0.2) is 0 Å². The van der Waals surface area contributed by atoms with Gasteiger partial charge in [-0.2, -0.15) is 0 Å². The fourth-order valence-electron chi connectivity index (χ4n) is 2.97. The smallest absolute Gasteiger partial charge is 0.310 e. The lowest BCUT2D eigenvalue weighted by Gasteiger charge is -2.31. The molecule has 20 heavy (non-hydrogen) atoms. The van der Waals surface area contributed by atoms with E-state index >= 15 is 0 Å². The number of hydrogen-bond acceptors (Lipinski definition) is 4. The Bertz CT molecular complexity index is 339. The van der Waals surface area contributed by atoms with Gasteiger partial charge in [0.15, 0.2) is 0 Å². The Morgan fingerprint density at radius 2 is 2.15 bits per heavy atom. The first-order valence-corrected chi connectivity index (χ1v) is 7.76. The number of rotatable bonds is 5. The largest absolute Gasteiger partial charge is 0.466 e. The molecule has 114 valence electrons. The van der Waals surface area contributed by atoms with Crippen molar-refractivity contribution in [2.45, 2.75) is 51.6 Å². The summed E-state index contributed by atoms with van der Waals surface area (Å²) in [5.74, 6) is -0.158. The molecule has 2 heterocycles. The summed E-state index contributed by atoms with van der Waals surface area (Å²) in [6.45, 7) is 4.32. The zero-order valence-electron chi connectivity index (χ0n) is 12.3. The van der Waals surface area contributed by atoms with Crippen LogP contribution >= 0.6 is 0 Å². The Morgan fingerprint density at radius 3 is 2.85 bits per heavy atom. The fraction of sp³-hybridized carbons (Fsp3) is 0.867. The number of esters is 1. The third kappa shape index (κ3) is 4.20. The van der Waals surface area contributed by atoms with Crippen molar-refractivity contribution in [2.75, 3.05) is 26.3 Å². The van der Waals surface area contributed by atoms with E-state index in [1.807, 2.05) is 11.8 Å². The lowest BCUT2D eigenvalue weighted by Crippen LogP contribution is -2.43. The van der Waals surface area contributed by atoms with Gasteiger partial charge in [-0.1, -0.05) is 0 Å². The molecule has 0 aromatic rings. The van der Waals surface area contributed by atoms with Crippen molar-refractivity contribution in [2.24, 2.45) is 5.92 Å². The molecule has 2 rings (SSSR count). The fourth-order valence-corrected chi connectivity index (χ4v) is 2.97. The Labute approximate surface area is 120 Å². The Morgan fingerprint density at radius 1 is 1.30 bits per heavy atom. The van der Waals surface area contributed by atoms with Crippen LogP contribution < -0.4 is 0 Å². The number of hydrogen-bond donors (Lipinski definition) is 0. The monoisotopic (exact) mass is 283 g/mol. The van der Waals surface area contributed by atoms with Gasteiger partial charge in [-0.3, -0.25) is 9.59 Å². The molecule has 2 aliphatic rings. The predicted octanol–water partition coefficient (Wildman–Crippen LogP) is 1.75. The minimum Gasteiger partial charge on any atom is -0.466 e. The summed E-state index contributed by atoms with van der Waals surface area (Å²) in [5, 5.41) is 0. The number of carbonyl (C=O) groups excluding carboxylic acids is 2. The van der Waals surface area contributed by atoms with Gasteiger partial charge in [0, 0.05) is 26.1 Å². The van der Waals surface area contributed by atoms with Crippen molar-refractivity contribution in [3.05, 3.63) is 0 Å². The second kappa shape index (κ2) is 7.62. The molecule has 0 aliphatic carbocycles. The molecule has 5 nitrogen and oxygen atoms in total. The van der Waals surface area contributed by atoms with Gasteiger partial charge in [-0.05, 0) is 39.0 Å². The molecule has 2 saturated heterocycles. The van der Waals surface area contributed by atoms with E-state index in [4.69, 9.17) is 9.47 Å². The highest BCUT2D eigenvalue weighted by atomic mass is 16.5. The van der Waals surface area contributed by atoms with Crippen LogP contribution in [-0.4, -0.2) is 49.2 Å². The second-order valence-electron chi connectivity index (χ2n) is 5.60. The summed E-state index contributed by atoms with van der Waals surface area (Å²) < 4.78 is 10.6. The number of amides is 1. The van der Waals surface area contributed by atoms with E-state index in [1.165, 1.54) is 0 Å². The van der Waals surface area contributed by atoms with E-state index in [0.29, 0.717) is 19.6 Å². The van der Waals surface area contributed by atoms with E-state index < -0.39 is 0 Å². The molecule has 5 heteroatoms. The van der Waals surface area contributed by atoms with E-state index in [9.17, 15) is 9.59 Å². The highest BCUT2D eigenvalue weighted by Gasteiger charge is 2.29. The van der Waals surface area contributed by atoms with Gasteiger partial charge in [-0.15, -0.1) is 0 Å². The first-order valence-electron chi connectivity index (χ1n) is 7.76. The first-order chi connectivity index (χ1) is 9.70. The molecule has 0 saturated carbocycles. The minimum absolute atomic E-state index is 0.143. The van der Waals surface area contributed by atoms with Gasteiger partial charge in [0.2, 0.25) is 5.91 Å². The van der Waals surface area contributed by atoms with Crippen LogP contribution in [0.4, 0.5) is 0 Å². The van der Waals surface area contributed by atoms with Crippen LogP contribution in [0.2, 0.25) is 0 Å². The zero-order chi connectivity index (χ0) is 14.4. The Hall–Kier alpha value is -1.10. The van der Waals surface area contributed by atoms with Crippen molar-refractivity contribution in [3.63, 3.8) is 0 Å². The lowest BCUT2D eigenvalue weighted by molar-refractivity contribution is -0.151. The van der Waals surface area contributed by atoms with Crippen LogP contribution in [0.25, 0.3) is 0 Å². The van der Waals surface area contributed by atoms with Crippen molar-refractivity contribution in [1.29, 1.82) is 0 Å². The average molecular weight is 283 g/mol. The average Bonchev–Trinajstić information content (AvgIpc) is 2.98. The number of carbonyl (C=O) groups is 2. The van der Waals surface area contributed by atoms with Crippen LogP contribution in [0.5, 0.6) is 0 Å². The predicted molar refractivity (Wildman–Crippen MR) is 74.1 cm³/mol. The zero-order valence-corrected chi connectivity index (χ0v) is 12.3. The van der Waals surface area contributed by atoms with Gasteiger partial charge in [0.1, 0.15) is 0 Å². The maximum Gasteiger partial charge on any atom is 0.310 e. The molecule has 1 amide bonds. The lowest BCUT2D eigenvalue weighted by atomic mass is 9.97. The molecule has 0 aromatic heterocycles. The topological polar surface area (TPSA) is 55.8 Å². The summed E-state index contributed by atoms with van der Waals surface area (Å²) in [6.07, 6.45) is 5.47. The molecule has 0 spiro atoms. The maximum absolute atomic E-state index is 12.2. The van der Waals surface area contributed by atoms with Crippen molar-refractivity contribution in [1.82, 2.24) is 4.90 Å². The van der Waals surface area contributed by atoms with Crippen molar-refractivity contribution in [3.8, 4) is 0 Å². The summed E-state index contributed by atoms with van der Waals surface area (Å²) in [5.41, 5.74) is 0. The van der Waals surface area contributed by atoms with Gasteiger partial charge >= 0.3 is 5.97 Å². The molecule has 1 unspecified atom stereocenters. The quantitative estimate of drug-likeness (QED) is 0.721. The van der Waals surface area contributed by atoms with Crippen LogP contribution in [0, 0.1) is 5.92 Å². The van der Waals surface area contributed by atoms with E-state index in [1.54, 1.807) is 0 Å². The molecular formula is C15H25NO4. The highest BCUT2D eigenvalue weighted by molar-refractivity contribution is 5.78. The van der Waals surface area contributed by atoms with Crippen LogP contribution in [0.3, 0.4) is 0 Å². The molecule has 0 bridgehead atoms. The molecular weight excluding hydrogens is 258 g/mol. The Kier molecular flexibility index (Phi) is 5.83. The van der Waals surface area contributed by atoms with Crippen LogP contribution in [-0.2, 0) is 19.1 Å².